The number of hydrogen-bond donors (Lipinski definition) is 2. The lowest BCUT2D eigenvalue weighted by atomic mass is 9.90. The molecule has 2 heterocycles. The molecule has 0 unspecified atom stereocenters. The molecule has 4 nitrogen and oxygen atoms in total. The van der Waals surface area contributed by atoms with E-state index in [1.165, 1.54) is 6.42 Å². The Morgan fingerprint density at radius 3 is 2.85 bits per heavy atom. The number of hydrogen-bond acceptors (Lipinski definition) is 2. The van der Waals surface area contributed by atoms with Crippen LogP contribution in [0.4, 0.5) is 0 Å². The molecule has 1 saturated heterocycles. The Morgan fingerprint density at radius 2 is 2.15 bits per heavy atom. The molecule has 1 fully saturated rings. The number of aromatic amines is 1. The predicted octanol–water partition coefficient (Wildman–Crippen LogP) is 2.99. The van der Waals surface area contributed by atoms with E-state index < -0.39 is 0 Å². The first-order valence-electron chi connectivity index (χ1n) is 7.14. The molecule has 2 N–H and O–H groups in total. The van der Waals surface area contributed by atoms with Crippen molar-refractivity contribution in [2.45, 2.75) is 20.3 Å². The summed E-state index contributed by atoms with van der Waals surface area (Å²) in [6.45, 7) is 6.15. The highest BCUT2D eigenvalue weighted by Crippen LogP contribution is 2.26. The minimum Gasteiger partial charge on any atom is -0.508 e. The van der Waals surface area contributed by atoms with Crippen LogP contribution in [-0.4, -0.2) is 34.0 Å². The number of nitrogens with one attached hydrogen (secondary N) is 1. The molecular weight excluding hydrogens is 252 g/mol. The number of carbonyl (C=O) groups excluding carboxylic acids is 1. The number of H-pyrrole nitrogens is 1. The van der Waals surface area contributed by atoms with Crippen LogP contribution in [0.3, 0.4) is 0 Å². The van der Waals surface area contributed by atoms with Gasteiger partial charge in [0.15, 0.2) is 0 Å². The summed E-state index contributed by atoms with van der Waals surface area (Å²) in [4.78, 5) is 17.3. The van der Waals surface area contributed by atoms with Crippen molar-refractivity contribution in [1.29, 1.82) is 0 Å². The number of phenols is 1. The summed E-state index contributed by atoms with van der Waals surface area (Å²) in [5.41, 5.74) is 1.40. The third-order valence-electron chi connectivity index (χ3n) is 3.89. The topological polar surface area (TPSA) is 56.3 Å². The van der Waals surface area contributed by atoms with E-state index in [1.54, 1.807) is 12.1 Å². The van der Waals surface area contributed by atoms with Gasteiger partial charge in [-0.15, -0.1) is 0 Å². The highest BCUT2D eigenvalue weighted by Gasteiger charge is 2.31. The molecular formula is C16H20N2O2. The smallest absolute Gasteiger partial charge is 0.270 e. The number of rotatable bonds is 3. The first-order valence-corrected chi connectivity index (χ1v) is 7.14. The Bertz CT molecular complexity index is 639. The lowest BCUT2D eigenvalue weighted by molar-refractivity contribution is 0.0456. The fraction of sp³-hybridized carbons (Fsp3) is 0.438. The normalized spacial score (nSPS) is 15.8. The second-order valence-corrected chi connectivity index (χ2v) is 6.16. The zero-order chi connectivity index (χ0) is 14.3. The number of amides is 1. The van der Waals surface area contributed by atoms with E-state index in [9.17, 15) is 9.90 Å². The van der Waals surface area contributed by atoms with Crippen molar-refractivity contribution < 1.29 is 9.90 Å². The van der Waals surface area contributed by atoms with Crippen molar-refractivity contribution >= 4 is 16.8 Å². The van der Waals surface area contributed by atoms with Gasteiger partial charge in [0, 0.05) is 30.1 Å². The molecule has 20 heavy (non-hydrogen) atoms. The van der Waals surface area contributed by atoms with E-state index >= 15 is 0 Å². The van der Waals surface area contributed by atoms with Gasteiger partial charge in [0.1, 0.15) is 11.4 Å². The summed E-state index contributed by atoms with van der Waals surface area (Å²) in [5, 5.41) is 10.4. The molecule has 2 aromatic rings. The average Bonchev–Trinajstić information content (AvgIpc) is 2.75. The number of carbonyl (C=O) groups is 1. The molecule has 0 bridgehead atoms. The van der Waals surface area contributed by atoms with Crippen LogP contribution >= 0.6 is 0 Å². The maximum absolute atomic E-state index is 12.3. The van der Waals surface area contributed by atoms with Gasteiger partial charge in [0.05, 0.1) is 0 Å². The van der Waals surface area contributed by atoms with E-state index in [2.05, 4.69) is 18.8 Å². The summed E-state index contributed by atoms with van der Waals surface area (Å²) in [7, 11) is 0. The average molecular weight is 272 g/mol. The zero-order valence-electron chi connectivity index (χ0n) is 11.9. The highest BCUT2D eigenvalue weighted by molar-refractivity contribution is 5.98. The number of fused-ring (bicyclic) bond motifs is 1. The number of likely N-dealkylation sites (tertiary alicyclic amines) is 1. The Hall–Kier alpha value is -1.97. The van der Waals surface area contributed by atoms with Gasteiger partial charge in [-0.25, -0.2) is 0 Å². The van der Waals surface area contributed by atoms with Crippen molar-refractivity contribution in [3.8, 4) is 5.75 Å². The van der Waals surface area contributed by atoms with Gasteiger partial charge < -0.3 is 15.0 Å². The van der Waals surface area contributed by atoms with E-state index in [-0.39, 0.29) is 11.7 Å². The second kappa shape index (κ2) is 4.85. The Balaban J connectivity index is 1.71. The molecule has 0 spiro atoms. The standard InChI is InChI=1S/C16H20N2O2/c1-10(2)5-11-8-18(9-11)16(20)15-6-12-3-4-13(19)7-14(12)17-15/h3-4,6-7,10-11,17,19H,5,8-9H2,1-2H3. The van der Waals surface area contributed by atoms with Gasteiger partial charge >= 0.3 is 0 Å². The van der Waals surface area contributed by atoms with Crippen molar-refractivity contribution in [2.75, 3.05) is 13.1 Å². The number of aromatic hydroxyl groups is 1. The van der Waals surface area contributed by atoms with Gasteiger partial charge in [0.2, 0.25) is 0 Å². The van der Waals surface area contributed by atoms with Crippen molar-refractivity contribution in [2.24, 2.45) is 11.8 Å². The summed E-state index contributed by atoms with van der Waals surface area (Å²) in [6.07, 6.45) is 1.18. The van der Waals surface area contributed by atoms with Crippen LogP contribution in [0.2, 0.25) is 0 Å². The molecule has 106 valence electrons. The Labute approximate surface area is 118 Å². The van der Waals surface area contributed by atoms with Crippen LogP contribution in [0.15, 0.2) is 24.3 Å². The number of phenolic OH excluding ortho intramolecular Hbond substituents is 1. The molecule has 0 atom stereocenters. The molecule has 1 aliphatic heterocycles. The van der Waals surface area contributed by atoms with Crippen LogP contribution in [0.5, 0.6) is 5.75 Å². The second-order valence-electron chi connectivity index (χ2n) is 6.16. The lowest BCUT2D eigenvalue weighted by Crippen LogP contribution is -2.50. The zero-order valence-corrected chi connectivity index (χ0v) is 11.9. The van der Waals surface area contributed by atoms with Crippen molar-refractivity contribution in [3.05, 3.63) is 30.0 Å². The SMILES string of the molecule is CC(C)CC1CN(C(=O)c2cc3ccc(O)cc3[nH]2)C1. The van der Waals surface area contributed by atoms with Crippen LogP contribution in [0.1, 0.15) is 30.8 Å². The fourth-order valence-corrected chi connectivity index (χ4v) is 2.95. The maximum atomic E-state index is 12.3. The Morgan fingerprint density at radius 1 is 1.40 bits per heavy atom. The van der Waals surface area contributed by atoms with Gasteiger partial charge in [0.25, 0.3) is 5.91 Å². The third kappa shape index (κ3) is 2.38. The summed E-state index contributed by atoms with van der Waals surface area (Å²) >= 11 is 0. The first kappa shape index (κ1) is 13.0. The summed E-state index contributed by atoms with van der Waals surface area (Å²) in [6, 6.07) is 6.94. The molecule has 1 amide bonds. The van der Waals surface area contributed by atoms with Crippen LogP contribution in [0, 0.1) is 11.8 Å². The van der Waals surface area contributed by atoms with Gasteiger partial charge in [-0.05, 0) is 36.5 Å². The van der Waals surface area contributed by atoms with E-state index in [4.69, 9.17) is 0 Å². The van der Waals surface area contributed by atoms with Gasteiger partial charge in [-0.2, -0.15) is 0 Å². The van der Waals surface area contributed by atoms with E-state index in [0.29, 0.717) is 17.5 Å². The molecule has 3 rings (SSSR count). The largest absolute Gasteiger partial charge is 0.508 e. The fourth-order valence-electron chi connectivity index (χ4n) is 2.95. The lowest BCUT2D eigenvalue weighted by Gasteiger charge is -2.40. The van der Waals surface area contributed by atoms with Crippen molar-refractivity contribution in [3.63, 3.8) is 0 Å². The monoisotopic (exact) mass is 272 g/mol. The summed E-state index contributed by atoms with van der Waals surface area (Å²) < 4.78 is 0. The first-order chi connectivity index (χ1) is 9.52. The quantitative estimate of drug-likeness (QED) is 0.902. The van der Waals surface area contributed by atoms with E-state index in [1.807, 2.05) is 17.0 Å². The molecule has 4 heteroatoms. The van der Waals surface area contributed by atoms with Crippen LogP contribution < -0.4 is 0 Å². The van der Waals surface area contributed by atoms with Gasteiger partial charge in [-0.3, -0.25) is 4.79 Å². The van der Waals surface area contributed by atoms with Gasteiger partial charge in [-0.1, -0.05) is 13.8 Å². The highest BCUT2D eigenvalue weighted by atomic mass is 16.3. The molecule has 0 radical (unpaired) electrons. The molecule has 0 aliphatic carbocycles. The molecule has 1 aromatic heterocycles. The van der Waals surface area contributed by atoms with E-state index in [0.717, 1.165) is 24.0 Å². The van der Waals surface area contributed by atoms with Crippen LogP contribution in [0.25, 0.3) is 10.9 Å². The molecule has 1 aliphatic rings. The van der Waals surface area contributed by atoms with Crippen LogP contribution in [-0.2, 0) is 0 Å². The predicted molar refractivity (Wildman–Crippen MR) is 78.8 cm³/mol. The van der Waals surface area contributed by atoms with Crippen molar-refractivity contribution in [1.82, 2.24) is 9.88 Å². The number of benzene rings is 1. The third-order valence-corrected chi connectivity index (χ3v) is 3.89. The Kier molecular flexibility index (Phi) is 3.16. The minimum atomic E-state index is 0.0562. The number of nitrogens with zero attached hydrogens (tertiary/aromatic N) is 1. The summed E-state index contributed by atoms with van der Waals surface area (Å²) in [5.74, 6) is 1.60. The molecule has 1 aromatic carbocycles. The maximum Gasteiger partial charge on any atom is 0.270 e. The minimum absolute atomic E-state index is 0.0562. The number of aromatic nitrogens is 1. The molecule has 0 saturated carbocycles.